The molecule has 0 aliphatic heterocycles. The largest absolute Gasteiger partial charge is 0.493 e. The quantitative estimate of drug-likeness (QED) is 0.478. The summed E-state index contributed by atoms with van der Waals surface area (Å²) in [5, 5.41) is 1.87. The molecule has 144 valence electrons. The summed E-state index contributed by atoms with van der Waals surface area (Å²) in [6.45, 7) is 5.65. The number of ether oxygens (including phenoxy) is 4. The van der Waals surface area contributed by atoms with Crippen molar-refractivity contribution < 1.29 is 28.5 Å². The first-order valence-electron chi connectivity index (χ1n) is 8.18. The Morgan fingerprint density at radius 2 is 1.96 bits per heavy atom. The third-order valence-corrected chi connectivity index (χ3v) is 4.38. The van der Waals surface area contributed by atoms with Crippen LogP contribution < -0.4 is 9.47 Å². The fourth-order valence-electron chi connectivity index (χ4n) is 2.35. The molecule has 2 rings (SSSR count). The van der Waals surface area contributed by atoms with Crippen LogP contribution in [-0.2, 0) is 22.5 Å². The molecule has 1 heterocycles. The van der Waals surface area contributed by atoms with E-state index in [0.717, 1.165) is 16.9 Å². The molecule has 0 amide bonds. The van der Waals surface area contributed by atoms with Crippen molar-refractivity contribution in [3.8, 4) is 11.5 Å². The number of hydrogen-bond acceptors (Lipinski definition) is 8. The van der Waals surface area contributed by atoms with Gasteiger partial charge in [0.15, 0.2) is 11.5 Å². The molecule has 1 aromatic carbocycles. The fraction of sp³-hybridized carbons (Fsp3) is 0.316. The van der Waals surface area contributed by atoms with E-state index in [9.17, 15) is 9.59 Å². The second-order valence-corrected chi connectivity index (χ2v) is 6.16. The van der Waals surface area contributed by atoms with Crippen LogP contribution in [0.3, 0.4) is 0 Å². The molecule has 0 aliphatic rings. The van der Waals surface area contributed by atoms with Crippen LogP contribution in [-0.4, -0.2) is 37.7 Å². The zero-order valence-electron chi connectivity index (χ0n) is 15.4. The SMILES string of the molecule is C=CCc1cc(C(=O)OCc2csc(C(=O)OCC)n2)cc(OC)c1OC. The van der Waals surface area contributed by atoms with Crippen LogP contribution in [0.2, 0.25) is 0 Å². The van der Waals surface area contributed by atoms with Gasteiger partial charge in [-0.2, -0.15) is 0 Å². The van der Waals surface area contributed by atoms with E-state index in [1.807, 2.05) is 0 Å². The lowest BCUT2D eigenvalue weighted by atomic mass is 10.1. The van der Waals surface area contributed by atoms with Gasteiger partial charge in [0, 0.05) is 10.9 Å². The van der Waals surface area contributed by atoms with Gasteiger partial charge in [-0.15, -0.1) is 17.9 Å². The average Bonchev–Trinajstić information content (AvgIpc) is 3.15. The normalized spacial score (nSPS) is 10.2. The summed E-state index contributed by atoms with van der Waals surface area (Å²) >= 11 is 1.14. The van der Waals surface area contributed by atoms with Crippen LogP contribution >= 0.6 is 11.3 Å². The standard InChI is InChI=1S/C19H21NO6S/c1-5-7-12-8-13(9-15(23-3)16(12)24-4)18(21)26-10-14-11-27-17(20-14)19(22)25-6-2/h5,8-9,11H,1,6-7,10H2,2-4H3. The molecule has 0 N–H and O–H groups in total. The molecule has 1 aromatic heterocycles. The fourth-order valence-corrected chi connectivity index (χ4v) is 3.04. The lowest BCUT2D eigenvalue weighted by molar-refractivity contribution is 0.0467. The number of esters is 2. The van der Waals surface area contributed by atoms with Crippen molar-refractivity contribution in [1.29, 1.82) is 0 Å². The molecule has 0 unspecified atom stereocenters. The molecule has 0 saturated heterocycles. The highest BCUT2D eigenvalue weighted by Crippen LogP contribution is 2.33. The van der Waals surface area contributed by atoms with Crippen molar-refractivity contribution in [2.75, 3.05) is 20.8 Å². The first-order chi connectivity index (χ1) is 13.0. The molecule has 0 atom stereocenters. The monoisotopic (exact) mass is 391 g/mol. The van der Waals surface area contributed by atoms with E-state index < -0.39 is 11.9 Å². The summed E-state index contributed by atoms with van der Waals surface area (Å²) in [7, 11) is 3.03. The number of carbonyl (C=O) groups is 2. The van der Waals surface area contributed by atoms with Gasteiger partial charge >= 0.3 is 11.9 Å². The highest BCUT2D eigenvalue weighted by atomic mass is 32.1. The van der Waals surface area contributed by atoms with Gasteiger partial charge in [0.2, 0.25) is 5.01 Å². The average molecular weight is 391 g/mol. The van der Waals surface area contributed by atoms with Crippen molar-refractivity contribution in [3.05, 3.63) is 52.0 Å². The predicted octanol–water partition coefficient (Wildman–Crippen LogP) is 3.42. The van der Waals surface area contributed by atoms with E-state index in [0.29, 0.717) is 29.2 Å². The highest BCUT2D eigenvalue weighted by molar-refractivity contribution is 7.11. The zero-order valence-corrected chi connectivity index (χ0v) is 16.3. The van der Waals surface area contributed by atoms with Crippen LogP contribution in [0.5, 0.6) is 11.5 Å². The summed E-state index contributed by atoms with van der Waals surface area (Å²) in [5.41, 5.74) is 1.56. The number of thiazole rings is 1. The van der Waals surface area contributed by atoms with Gasteiger partial charge in [0.05, 0.1) is 32.1 Å². The van der Waals surface area contributed by atoms with Crippen molar-refractivity contribution in [1.82, 2.24) is 4.98 Å². The van der Waals surface area contributed by atoms with Gasteiger partial charge in [-0.1, -0.05) is 6.08 Å². The van der Waals surface area contributed by atoms with Gasteiger partial charge in [-0.05, 0) is 25.5 Å². The number of rotatable bonds is 9. The molecule has 0 fully saturated rings. The minimum atomic E-state index is -0.535. The van der Waals surface area contributed by atoms with Crippen LogP contribution in [0.4, 0.5) is 0 Å². The minimum Gasteiger partial charge on any atom is -0.493 e. The maximum Gasteiger partial charge on any atom is 0.367 e. The molecule has 2 aromatic rings. The van der Waals surface area contributed by atoms with Crippen molar-refractivity contribution in [2.24, 2.45) is 0 Å². The van der Waals surface area contributed by atoms with Gasteiger partial charge in [0.1, 0.15) is 6.61 Å². The Hall–Kier alpha value is -2.87. The lowest BCUT2D eigenvalue weighted by Gasteiger charge is -2.14. The second kappa shape index (κ2) is 9.72. The Morgan fingerprint density at radius 3 is 2.59 bits per heavy atom. The van der Waals surface area contributed by atoms with Gasteiger partial charge in [0.25, 0.3) is 0 Å². The van der Waals surface area contributed by atoms with E-state index in [1.165, 1.54) is 14.2 Å². The van der Waals surface area contributed by atoms with E-state index >= 15 is 0 Å². The first kappa shape index (κ1) is 20.4. The molecule has 27 heavy (non-hydrogen) atoms. The Balaban J connectivity index is 2.12. The number of benzene rings is 1. The van der Waals surface area contributed by atoms with Crippen LogP contribution in [0.1, 0.15) is 38.3 Å². The molecule has 0 aliphatic carbocycles. The third-order valence-electron chi connectivity index (χ3n) is 3.51. The summed E-state index contributed by atoms with van der Waals surface area (Å²) in [6.07, 6.45) is 2.22. The van der Waals surface area contributed by atoms with Gasteiger partial charge in [-0.25, -0.2) is 14.6 Å². The predicted molar refractivity (Wildman–Crippen MR) is 101 cm³/mol. The maximum atomic E-state index is 12.4. The molecule has 8 heteroatoms. The molecule has 0 saturated carbocycles. The summed E-state index contributed by atoms with van der Waals surface area (Å²) in [5.74, 6) is -0.0458. The molecular weight excluding hydrogens is 370 g/mol. The zero-order chi connectivity index (χ0) is 19.8. The highest BCUT2D eigenvalue weighted by Gasteiger charge is 2.18. The second-order valence-electron chi connectivity index (χ2n) is 5.30. The van der Waals surface area contributed by atoms with Crippen molar-refractivity contribution in [3.63, 3.8) is 0 Å². The van der Waals surface area contributed by atoms with Crippen molar-refractivity contribution >= 4 is 23.3 Å². The number of carbonyl (C=O) groups excluding carboxylic acids is 2. The van der Waals surface area contributed by atoms with Gasteiger partial charge < -0.3 is 18.9 Å². The van der Waals surface area contributed by atoms with Crippen molar-refractivity contribution in [2.45, 2.75) is 20.0 Å². The topological polar surface area (TPSA) is 84.0 Å². The summed E-state index contributed by atoms with van der Waals surface area (Å²) < 4.78 is 20.8. The molecule has 0 bridgehead atoms. The molecule has 0 spiro atoms. The van der Waals surface area contributed by atoms with E-state index in [4.69, 9.17) is 18.9 Å². The number of hydrogen-bond donors (Lipinski definition) is 0. The minimum absolute atomic E-state index is 0.0557. The molecule has 0 radical (unpaired) electrons. The van der Waals surface area contributed by atoms with E-state index in [2.05, 4.69) is 11.6 Å². The third kappa shape index (κ3) is 5.07. The van der Waals surface area contributed by atoms with E-state index in [-0.39, 0.29) is 18.2 Å². The van der Waals surface area contributed by atoms with Gasteiger partial charge in [-0.3, -0.25) is 0 Å². The molecule has 7 nitrogen and oxygen atoms in total. The van der Waals surface area contributed by atoms with E-state index in [1.54, 1.807) is 30.5 Å². The smallest absolute Gasteiger partial charge is 0.367 e. The van der Waals surface area contributed by atoms with Crippen LogP contribution in [0, 0.1) is 0 Å². The Labute approximate surface area is 161 Å². The maximum absolute atomic E-state index is 12.4. The lowest BCUT2D eigenvalue weighted by Crippen LogP contribution is -2.08. The number of allylic oxidation sites excluding steroid dienone is 1. The Morgan fingerprint density at radius 1 is 1.19 bits per heavy atom. The number of methoxy groups -OCH3 is 2. The number of nitrogens with zero attached hydrogens (tertiary/aromatic N) is 1. The Kier molecular flexibility index (Phi) is 7.36. The van der Waals surface area contributed by atoms with Crippen LogP contribution in [0.25, 0.3) is 0 Å². The molecular formula is C19H21NO6S. The van der Waals surface area contributed by atoms with Crippen LogP contribution in [0.15, 0.2) is 30.2 Å². The summed E-state index contributed by atoms with van der Waals surface area (Å²) in [4.78, 5) is 28.2. The summed E-state index contributed by atoms with van der Waals surface area (Å²) in [6, 6.07) is 3.23. The Bertz CT molecular complexity index is 830. The number of aromatic nitrogens is 1. The first-order valence-corrected chi connectivity index (χ1v) is 9.06.